The molecule has 1 rings (SSSR count). The van der Waals surface area contributed by atoms with Crippen LogP contribution in [-0.2, 0) is 4.74 Å². The van der Waals surface area contributed by atoms with Crippen molar-refractivity contribution in [3.63, 3.8) is 0 Å². The Kier molecular flexibility index (Phi) is 5.19. The number of ether oxygens (including phenoxy) is 1. The largest absolute Gasteiger partial charge is 0.465 e. The fourth-order valence-electron chi connectivity index (χ4n) is 1.36. The molecule has 0 saturated carbocycles. The Hall–Kier alpha value is -2.22. The highest BCUT2D eigenvalue weighted by molar-refractivity contribution is 5.90. The second kappa shape index (κ2) is 6.64. The number of aromatic nitrogens is 1. The number of hydrogen-bond donors (Lipinski definition) is 1. The van der Waals surface area contributed by atoms with E-state index in [-0.39, 0.29) is 17.1 Å². The molecule has 0 aliphatic carbocycles. The number of anilines is 1. The standard InChI is InChI=1S/C11H16N4O4/c1-14(2)5-4-12-10-9(15(17)18)6-8(7-13-10)11(16)19-3/h6-7H,4-5H2,1-3H3,(H,12,13). The molecule has 0 bridgehead atoms. The SMILES string of the molecule is COC(=O)c1cnc(NCCN(C)C)c([N+](=O)[O-])c1. The molecule has 0 spiro atoms. The van der Waals surface area contributed by atoms with Gasteiger partial charge in [-0.05, 0) is 14.1 Å². The third-order valence-corrected chi connectivity index (χ3v) is 2.34. The summed E-state index contributed by atoms with van der Waals surface area (Å²) in [6.45, 7) is 1.22. The van der Waals surface area contributed by atoms with Gasteiger partial charge in [0.15, 0.2) is 0 Å². The molecule has 0 aliphatic heterocycles. The Bertz CT molecular complexity index is 476. The number of nitrogens with zero attached hydrogens (tertiary/aromatic N) is 3. The van der Waals surface area contributed by atoms with Crippen LogP contribution in [0.2, 0.25) is 0 Å². The van der Waals surface area contributed by atoms with Gasteiger partial charge < -0.3 is 15.0 Å². The van der Waals surface area contributed by atoms with Crippen molar-refractivity contribution in [3.05, 3.63) is 27.9 Å². The Balaban J connectivity index is 2.92. The second-order valence-corrected chi connectivity index (χ2v) is 4.07. The molecule has 0 aromatic carbocycles. The molecule has 0 fully saturated rings. The van der Waals surface area contributed by atoms with Crippen molar-refractivity contribution in [1.29, 1.82) is 0 Å². The van der Waals surface area contributed by atoms with E-state index < -0.39 is 10.9 Å². The molecule has 1 N–H and O–H groups in total. The number of nitro groups is 1. The number of rotatable bonds is 6. The van der Waals surface area contributed by atoms with Gasteiger partial charge >= 0.3 is 11.7 Å². The maximum atomic E-state index is 11.3. The summed E-state index contributed by atoms with van der Waals surface area (Å²) in [5, 5.41) is 13.8. The Morgan fingerprint density at radius 2 is 2.26 bits per heavy atom. The molecular formula is C11H16N4O4. The van der Waals surface area contributed by atoms with E-state index in [1.807, 2.05) is 19.0 Å². The van der Waals surface area contributed by atoms with Crippen molar-refractivity contribution in [3.8, 4) is 0 Å². The van der Waals surface area contributed by atoms with E-state index in [0.29, 0.717) is 13.1 Å². The highest BCUT2D eigenvalue weighted by atomic mass is 16.6. The van der Waals surface area contributed by atoms with Gasteiger partial charge in [0.1, 0.15) is 0 Å². The first-order chi connectivity index (χ1) is 8.95. The van der Waals surface area contributed by atoms with E-state index in [4.69, 9.17) is 0 Å². The van der Waals surface area contributed by atoms with Crippen LogP contribution in [0.1, 0.15) is 10.4 Å². The van der Waals surface area contributed by atoms with Crippen molar-refractivity contribution in [2.75, 3.05) is 39.6 Å². The average Bonchev–Trinajstić information content (AvgIpc) is 2.37. The lowest BCUT2D eigenvalue weighted by molar-refractivity contribution is -0.384. The summed E-state index contributed by atoms with van der Waals surface area (Å²) in [4.78, 5) is 27.5. The number of esters is 1. The van der Waals surface area contributed by atoms with Crippen LogP contribution in [0.25, 0.3) is 0 Å². The van der Waals surface area contributed by atoms with E-state index >= 15 is 0 Å². The zero-order chi connectivity index (χ0) is 14.4. The molecule has 0 radical (unpaired) electrons. The van der Waals surface area contributed by atoms with Crippen LogP contribution in [0.5, 0.6) is 0 Å². The van der Waals surface area contributed by atoms with Crippen LogP contribution in [-0.4, -0.2) is 55.1 Å². The van der Waals surface area contributed by atoms with Gasteiger partial charge in [0.25, 0.3) is 0 Å². The molecule has 8 heteroatoms. The predicted octanol–water partition coefficient (Wildman–Crippen LogP) is 0.750. The summed E-state index contributed by atoms with van der Waals surface area (Å²) < 4.78 is 4.49. The Morgan fingerprint density at radius 3 is 2.79 bits per heavy atom. The molecule has 1 aromatic heterocycles. The number of methoxy groups -OCH3 is 1. The van der Waals surface area contributed by atoms with Gasteiger partial charge in [0.2, 0.25) is 5.82 Å². The zero-order valence-corrected chi connectivity index (χ0v) is 11.0. The normalized spacial score (nSPS) is 10.3. The van der Waals surface area contributed by atoms with E-state index in [1.54, 1.807) is 0 Å². The maximum Gasteiger partial charge on any atom is 0.339 e. The molecule has 104 valence electrons. The summed E-state index contributed by atoms with van der Waals surface area (Å²) in [6, 6.07) is 1.15. The first kappa shape index (κ1) is 14.8. The lowest BCUT2D eigenvalue weighted by Crippen LogP contribution is -2.21. The average molecular weight is 268 g/mol. The van der Waals surface area contributed by atoms with Crippen molar-refractivity contribution in [2.45, 2.75) is 0 Å². The molecule has 0 atom stereocenters. The Morgan fingerprint density at radius 1 is 1.58 bits per heavy atom. The van der Waals surface area contributed by atoms with Crippen molar-refractivity contribution < 1.29 is 14.5 Å². The van der Waals surface area contributed by atoms with Crippen molar-refractivity contribution in [1.82, 2.24) is 9.88 Å². The van der Waals surface area contributed by atoms with Crippen LogP contribution in [0.15, 0.2) is 12.3 Å². The molecule has 0 saturated heterocycles. The highest BCUT2D eigenvalue weighted by Crippen LogP contribution is 2.22. The van der Waals surface area contributed by atoms with E-state index in [0.717, 1.165) is 6.07 Å². The summed E-state index contributed by atoms with van der Waals surface area (Å²) in [7, 11) is 4.99. The van der Waals surface area contributed by atoms with Crippen LogP contribution in [0.4, 0.5) is 11.5 Å². The minimum absolute atomic E-state index is 0.0485. The van der Waals surface area contributed by atoms with Crippen LogP contribution in [0.3, 0.4) is 0 Å². The molecule has 0 aliphatic rings. The number of carbonyl (C=O) groups excluding carboxylic acids is 1. The summed E-state index contributed by atoms with van der Waals surface area (Å²) in [6.07, 6.45) is 1.25. The van der Waals surface area contributed by atoms with E-state index in [1.165, 1.54) is 13.3 Å². The topological polar surface area (TPSA) is 97.6 Å². The van der Waals surface area contributed by atoms with Gasteiger partial charge in [-0.25, -0.2) is 9.78 Å². The first-order valence-corrected chi connectivity index (χ1v) is 5.57. The summed E-state index contributed by atoms with van der Waals surface area (Å²) in [5.41, 5.74) is -0.200. The number of carbonyl (C=O) groups is 1. The minimum Gasteiger partial charge on any atom is -0.465 e. The van der Waals surface area contributed by atoms with Crippen molar-refractivity contribution in [2.24, 2.45) is 0 Å². The number of hydrogen-bond acceptors (Lipinski definition) is 7. The van der Waals surface area contributed by atoms with Gasteiger partial charge in [-0.3, -0.25) is 10.1 Å². The van der Waals surface area contributed by atoms with Gasteiger partial charge in [-0.15, -0.1) is 0 Å². The van der Waals surface area contributed by atoms with Crippen LogP contribution >= 0.6 is 0 Å². The maximum absolute atomic E-state index is 11.3. The second-order valence-electron chi connectivity index (χ2n) is 4.07. The number of pyridine rings is 1. The lowest BCUT2D eigenvalue weighted by atomic mass is 10.2. The number of likely N-dealkylation sites (N-methyl/N-ethyl adjacent to an activating group) is 1. The minimum atomic E-state index is -0.657. The van der Waals surface area contributed by atoms with Crippen LogP contribution < -0.4 is 5.32 Å². The highest BCUT2D eigenvalue weighted by Gasteiger charge is 2.19. The molecule has 0 unspecified atom stereocenters. The van der Waals surface area contributed by atoms with Gasteiger partial charge in [-0.2, -0.15) is 0 Å². The molecule has 0 amide bonds. The summed E-state index contributed by atoms with van der Waals surface area (Å²) in [5.74, 6) is -0.519. The lowest BCUT2D eigenvalue weighted by Gasteiger charge is -2.11. The quantitative estimate of drug-likeness (QED) is 0.462. The van der Waals surface area contributed by atoms with Gasteiger partial charge in [0, 0.05) is 25.4 Å². The molecule has 19 heavy (non-hydrogen) atoms. The molecule has 1 heterocycles. The van der Waals surface area contributed by atoms with Crippen molar-refractivity contribution >= 4 is 17.5 Å². The van der Waals surface area contributed by atoms with E-state index in [9.17, 15) is 14.9 Å². The fraction of sp³-hybridized carbons (Fsp3) is 0.455. The third kappa shape index (κ3) is 4.18. The van der Waals surface area contributed by atoms with Gasteiger partial charge in [0.05, 0.1) is 17.6 Å². The summed E-state index contributed by atoms with van der Waals surface area (Å²) >= 11 is 0. The Labute approximate surface area is 110 Å². The fourth-order valence-corrected chi connectivity index (χ4v) is 1.36. The zero-order valence-electron chi connectivity index (χ0n) is 11.0. The van der Waals surface area contributed by atoms with Gasteiger partial charge in [-0.1, -0.05) is 0 Å². The third-order valence-electron chi connectivity index (χ3n) is 2.34. The predicted molar refractivity (Wildman–Crippen MR) is 69.3 cm³/mol. The monoisotopic (exact) mass is 268 g/mol. The molecule has 1 aromatic rings. The first-order valence-electron chi connectivity index (χ1n) is 5.57. The van der Waals surface area contributed by atoms with Crippen LogP contribution in [0, 0.1) is 10.1 Å². The van der Waals surface area contributed by atoms with E-state index in [2.05, 4.69) is 15.0 Å². The molecule has 8 nitrogen and oxygen atoms in total. The molecular weight excluding hydrogens is 252 g/mol. The smallest absolute Gasteiger partial charge is 0.339 e. The number of nitrogens with one attached hydrogen (secondary N) is 1.